The van der Waals surface area contributed by atoms with Crippen LogP contribution in [0.15, 0.2) is 35.2 Å². The van der Waals surface area contributed by atoms with Crippen molar-refractivity contribution in [3.05, 3.63) is 41.6 Å². The molecule has 1 unspecified atom stereocenters. The lowest BCUT2D eigenvalue weighted by molar-refractivity contribution is 0.193. The van der Waals surface area contributed by atoms with Crippen LogP contribution in [0.5, 0.6) is 0 Å². The fraction of sp³-hybridized carbons (Fsp3) is 0.444. The number of rotatable bonds is 8. The van der Waals surface area contributed by atoms with Crippen LogP contribution in [0.4, 0.5) is 11.8 Å². The van der Waals surface area contributed by atoms with Crippen molar-refractivity contribution in [2.75, 3.05) is 43.3 Å². The number of aromatic nitrogens is 2. The smallest absolute Gasteiger partial charge is 0.224 e. The molecule has 0 aliphatic carbocycles. The Morgan fingerprint density at radius 3 is 2.96 bits per heavy atom. The summed E-state index contributed by atoms with van der Waals surface area (Å²) in [5.41, 5.74) is 2.19. The van der Waals surface area contributed by atoms with Gasteiger partial charge in [0, 0.05) is 36.6 Å². The summed E-state index contributed by atoms with van der Waals surface area (Å²) < 4.78 is 5.48. The molecule has 25 heavy (non-hydrogen) atoms. The quantitative estimate of drug-likeness (QED) is 0.625. The molecular weight excluding hydrogens is 336 g/mol. The highest BCUT2D eigenvalue weighted by Crippen LogP contribution is 2.26. The van der Waals surface area contributed by atoms with Crippen LogP contribution in [0, 0.1) is 0 Å². The second-order valence-electron chi connectivity index (χ2n) is 5.92. The third-order valence-corrected chi connectivity index (χ3v) is 4.82. The average Bonchev–Trinajstić information content (AvgIpc) is 3.19. The van der Waals surface area contributed by atoms with Crippen molar-refractivity contribution in [1.82, 2.24) is 9.97 Å². The second kappa shape index (κ2) is 9.03. The first-order valence-electron chi connectivity index (χ1n) is 8.46. The van der Waals surface area contributed by atoms with E-state index in [4.69, 9.17) is 9.84 Å². The zero-order valence-corrected chi connectivity index (χ0v) is 15.2. The number of hydrogen-bond acceptors (Lipinski definition) is 7. The molecule has 1 aromatic heterocycles. The van der Waals surface area contributed by atoms with Gasteiger partial charge < -0.3 is 20.5 Å². The summed E-state index contributed by atoms with van der Waals surface area (Å²) >= 11 is 1.73. The van der Waals surface area contributed by atoms with Gasteiger partial charge in [0.2, 0.25) is 5.95 Å². The van der Waals surface area contributed by atoms with Gasteiger partial charge in [-0.3, -0.25) is 0 Å². The lowest BCUT2D eigenvalue weighted by Crippen LogP contribution is -2.13. The van der Waals surface area contributed by atoms with Crippen LogP contribution in [0.2, 0.25) is 0 Å². The Kier molecular flexibility index (Phi) is 6.49. The maximum atomic E-state index is 9.02. The molecule has 0 spiro atoms. The van der Waals surface area contributed by atoms with Crippen LogP contribution in [-0.2, 0) is 11.3 Å². The van der Waals surface area contributed by atoms with E-state index in [0.29, 0.717) is 31.6 Å². The zero-order chi connectivity index (χ0) is 17.5. The second-order valence-corrected chi connectivity index (χ2v) is 6.80. The normalized spacial score (nSPS) is 16.8. The molecule has 0 amide bonds. The van der Waals surface area contributed by atoms with Gasteiger partial charge in [-0.2, -0.15) is 4.98 Å². The fourth-order valence-electron chi connectivity index (χ4n) is 2.76. The molecule has 0 bridgehead atoms. The minimum atomic E-state index is 0.0460. The highest BCUT2D eigenvalue weighted by atomic mass is 32.2. The molecular formula is C18H24N4O2S. The maximum absolute atomic E-state index is 9.02. The van der Waals surface area contributed by atoms with Crippen molar-refractivity contribution in [3.63, 3.8) is 0 Å². The minimum absolute atomic E-state index is 0.0460. The first-order chi connectivity index (χ1) is 12.3. The summed E-state index contributed by atoms with van der Waals surface area (Å²) in [7, 11) is 0. The van der Waals surface area contributed by atoms with Gasteiger partial charge in [-0.25, -0.2) is 4.98 Å². The van der Waals surface area contributed by atoms with Crippen molar-refractivity contribution in [1.29, 1.82) is 0 Å². The Morgan fingerprint density at radius 2 is 2.20 bits per heavy atom. The molecule has 1 aliphatic rings. The molecule has 3 rings (SSSR count). The van der Waals surface area contributed by atoms with Crippen molar-refractivity contribution in [2.45, 2.75) is 23.8 Å². The Bertz CT molecular complexity index is 693. The van der Waals surface area contributed by atoms with Crippen LogP contribution < -0.4 is 10.6 Å². The lowest BCUT2D eigenvalue weighted by Gasteiger charge is -2.13. The predicted octanol–water partition coefficient (Wildman–Crippen LogP) is 2.72. The Balaban J connectivity index is 1.74. The first-order valence-corrected chi connectivity index (χ1v) is 9.69. The molecule has 0 saturated carbocycles. The van der Waals surface area contributed by atoms with E-state index >= 15 is 0 Å². The van der Waals surface area contributed by atoms with E-state index in [1.165, 1.54) is 10.5 Å². The number of nitrogens with zero attached hydrogens (tertiary/aromatic N) is 2. The summed E-state index contributed by atoms with van der Waals surface area (Å²) in [4.78, 5) is 10.3. The van der Waals surface area contributed by atoms with Gasteiger partial charge in [0.05, 0.1) is 18.9 Å². The van der Waals surface area contributed by atoms with E-state index < -0.39 is 0 Å². The molecule has 1 aliphatic heterocycles. The minimum Gasteiger partial charge on any atom is -0.395 e. The molecule has 2 heterocycles. The monoisotopic (exact) mass is 360 g/mol. The van der Waals surface area contributed by atoms with E-state index in [-0.39, 0.29) is 6.61 Å². The van der Waals surface area contributed by atoms with Gasteiger partial charge in [-0.05, 0) is 30.4 Å². The van der Waals surface area contributed by atoms with Gasteiger partial charge in [0.15, 0.2) is 0 Å². The summed E-state index contributed by atoms with van der Waals surface area (Å²) in [5.74, 6) is 1.63. The van der Waals surface area contributed by atoms with E-state index in [0.717, 1.165) is 24.5 Å². The molecule has 3 N–H and O–H groups in total. The number of nitrogens with one attached hydrogen (secondary N) is 2. The average molecular weight is 360 g/mol. The zero-order valence-electron chi connectivity index (χ0n) is 14.4. The first kappa shape index (κ1) is 18.0. The van der Waals surface area contributed by atoms with Crippen LogP contribution in [0.3, 0.4) is 0 Å². The SMILES string of the molecule is CSc1cccc(CNc2cc(C3CCOC3)nc(NCCO)n2)c1. The lowest BCUT2D eigenvalue weighted by atomic mass is 10.0. The maximum Gasteiger partial charge on any atom is 0.224 e. The van der Waals surface area contributed by atoms with E-state index in [1.54, 1.807) is 11.8 Å². The van der Waals surface area contributed by atoms with Crippen LogP contribution in [0.1, 0.15) is 23.6 Å². The Labute approximate surface area is 152 Å². The van der Waals surface area contributed by atoms with Crippen molar-refractivity contribution >= 4 is 23.5 Å². The third kappa shape index (κ3) is 5.07. The highest BCUT2D eigenvalue weighted by Gasteiger charge is 2.20. The van der Waals surface area contributed by atoms with Gasteiger partial charge in [-0.1, -0.05) is 12.1 Å². The van der Waals surface area contributed by atoms with Gasteiger partial charge in [-0.15, -0.1) is 11.8 Å². The molecule has 7 heteroatoms. The largest absolute Gasteiger partial charge is 0.395 e. The third-order valence-electron chi connectivity index (χ3n) is 4.10. The van der Waals surface area contributed by atoms with Crippen molar-refractivity contribution < 1.29 is 9.84 Å². The van der Waals surface area contributed by atoms with Crippen molar-refractivity contribution in [3.8, 4) is 0 Å². The summed E-state index contributed by atoms with van der Waals surface area (Å²) in [6.07, 6.45) is 3.05. The van der Waals surface area contributed by atoms with Gasteiger partial charge in [0.1, 0.15) is 5.82 Å². The summed E-state index contributed by atoms with van der Waals surface area (Å²) in [6, 6.07) is 10.5. The number of benzene rings is 1. The fourth-order valence-corrected chi connectivity index (χ4v) is 3.24. The number of ether oxygens (including phenoxy) is 1. The molecule has 0 radical (unpaired) electrons. The molecule has 134 valence electrons. The number of hydrogen-bond donors (Lipinski definition) is 3. The van der Waals surface area contributed by atoms with E-state index in [2.05, 4.69) is 51.1 Å². The van der Waals surface area contributed by atoms with Crippen molar-refractivity contribution in [2.24, 2.45) is 0 Å². The highest BCUT2D eigenvalue weighted by molar-refractivity contribution is 7.98. The Morgan fingerprint density at radius 1 is 1.28 bits per heavy atom. The predicted molar refractivity (Wildman–Crippen MR) is 101 cm³/mol. The summed E-state index contributed by atoms with van der Waals surface area (Å²) in [6.45, 7) is 2.65. The number of anilines is 2. The molecule has 1 saturated heterocycles. The molecule has 1 atom stereocenters. The molecule has 2 aromatic rings. The van der Waals surface area contributed by atoms with Crippen LogP contribution in [0.25, 0.3) is 0 Å². The molecule has 1 fully saturated rings. The summed E-state index contributed by atoms with van der Waals surface area (Å²) in [5, 5.41) is 15.5. The Hall–Kier alpha value is -1.83. The number of aliphatic hydroxyl groups excluding tert-OH is 1. The number of thioether (sulfide) groups is 1. The number of aliphatic hydroxyl groups is 1. The van der Waals surface area contributed by atoms with E-state index in [1.807, 2.05) is 6.07 Å². The topological polar surface area (TPSA) is 79.3 Å². The van der Waals surface area contributed by atoms with Gasteiger partial charge in [0.25, 0.3) is 0 Å². The standard InChI is InChI=1S/C18H24N4O2S/c1-25-15-4-2-3-13(9-15)11-20-17-10-16(14-5-8-24-12-14)21-18(22-17)19-6-7-23/h2-4,9-10,14,23H,5-8,11-12H2,1H3,(H2,19,20,21,22). The van der Waals surface area contributed by atoms with Gasteiger partial charge >= 0.3 is 0 Å². The molecule has 6 nitrogen and oxygen atoms in total. The van der Waals surface area contributed by atoms with Crippen LogP contribution >= 0.6 is 11.8 Å². The molecule has 1 aromatic carbocycles. The van der Waals surface area contributed by atoms with E-state index in [9.17, 15) is 0 Å². The van der Waals surface area contributed by atoms with Crippen LogP contribution in [-0.4, -0.2) is 47.7 Å².